The van der Waals surface area contributed by atoms with E-state index in [1.54, 1.807) is 23.6 Å². The molecule has 2 heterocycles. The maximum Gasteiger partial charge on any atom is 0.332 e. The van der Waals surface area contributed by atoms with Crippen LogP contribution in [0.3, 0.4) is 0 Å². The minimum Gasteiger partial charge on any atom is -0.483 e. The second kappa shape index (κ2) is 22.7. The number of esters is 2. The van der Waals surface area contributed by atoms with Gasteiger partial charge in [0.15, 0.2) is 12.5 Å². The van der Waals surface area contributed by atoms with Crippen LogP contribution in [0.25, 0.3) is 0 Å². The molecule has 2 atom stereocenters. The van der Waals surface area contributed by atoms with Crippen molar-refractivity contribution in [2.45, 2.75) is 77.7 Å². The Kier molecular flexibility index (Phi) is 21.8. The molecule has 0 aromatic heterocycles. The molecule has 210 valence electrons. The Labute approximate surface area is 218 Å². The van der Waals surface area contributed by atoms with Crippen molar-refractivity contribution in [2.75, 3.05) is 20.2 Å². The summed E-state index contributed by atoms with van der Waals surface area (Å²) in [5, 5.41) is 6.89. The van der Waals surface area contributed by atoms with Crippen molar-refractivity contribution >= 4 is 36.7 Å². The van der Waals surface area contributed by atoms with Crippen LogP contribution in [0.5, 0.6) is 0 Å². The highest BCUT2D eigenvalue weighted by Gasteiger charge is 2.24. The van der Waals surface area contributed by atoms with Crippen molar-refractivity contribution in [2.24, 2.45) is 0 Å². The van der Waals surface area contributed by atoms with Crippen LogP contribution in [0.15, 0.2) is 25.3 Å². The van der Waals surface area contributed by atoms with Crippen molar-refractivity contribution in [1.82, 2.24) is 9.80 Å². The number of likely N-dealkylation sites (tertiary alicyclic amines) is 2. The minimum atomic E-state index is -0.487. The topological polar surface area (TPSA) is 157 Å². The van der Waals surface area contributed by atoms with Crippen LogP contribution in [0.1, 0.15) is 65.2 Å². The molecule has 2 amide bonds. The number of hydrogen-bond acceptors (Lipinski definition) is 9. The van der Waals surface area contributed by atoms with Crippen LogP contribution in [0.2, 0.25) is 0 Å². The van der Waals surface area contributed by atoms with Gasteiger partial charge in [-0.3, -0.25) is 19.2 Å². The number of carbonyl (C=O) groups excluding carboxylic acids is 5. The largest absolute Gasteiger partial charge is 0.483 e. The summed E-state index contributed by atoms with van der Waals surface area (Å²) in [5.74, 6) is -0.840. The second-order valence-electron chi connectivity index (χ2n) is 7.71. The van der Waals surface area contributed by atoms with Gasteiger partial charge in [0, 0.05) is 38.1 Å². The monoisotopic (exact) mass is 528 g/mol. The Bertz CT molecular complexity index is 687. The van der Waals surface area contributed by atoms with Crippen molar-refractivity contribution in [3.05, 3.63) is 25.3 Å². The fraction of sp³-hybridized carbons (Fsp3) is 0.600. The van der Waals surface area contributed by atoms with Gasteiger partial charge in [0.05, 0.1) is 7.11 Å². The summed E-state index contributed by atoms with van der Waals surface area (Å²) in [4.78, 5) is 65.8. The first-order valence-electron chi connectivity index (χ1n) is 11.9. The number of nitrogens with zero attached hydrogens (tertiary/aromatic N) is 2. The lowest BCUT2D eigenvalue weighted by molar-refractivity contribution is -0.160. The smallest absolute Gasteiger partial charge is 0.332 e. The number of carboxylic acid groups (broad SMARTS) is 1. The first-order chi connectivity index (χ1) is 17.6. The van der Waals surface area contributed by atoms with Gasteiger partial charge in [0.2, 0.25) is 11.8 Å². The van der Waals surface area contributed by atoms with Crippen LogP contribution >= 0.6 is 0 Å². The van der Waals surface area contributed by atoms with Crippen molar-refractivity contribution in [1.29, 1.82) is 0 Å². The predicted molar refractivity (Wildman–Crippen MR) is 134 cm³/mol. The molecule has 2 aliphatic heterocycles. The highest BCUT2D eigenvalue weighted by Crippen LogP contribution is 2.15. The Morgan fingerprint density at radius 2 is 1.14 bits per heavy atom. The third kappa shape index (κ3) is 17.4. The molecular weight excluding hydrogens is 488 g/mol. The molecule has 0 bridgehead atoms. The van der Waals surface area contributed by atoms with Crippen molar-refractivity contribution in [3.8, 4) is 0 Å². The van der Waals surface area contributed by atoms with Gasteiger partial charge in [-0.1, -0.05) is 26.0 Å². The maximum atomic E-state index is 11.6. The average molecular weight is 529 g/mol. The zero-order chi connectivity index (χ0) is 28.6. The molecule has 0 spiro atoms. The lowest BCUT2D eigenvalue weighted by Gasteiger charge is -2.26. The van der Waals surface area contributed by atoms with Gasteiger partial charge in [-0.2, -0.15) is 0 Å². The molecule has 0 aliphatic carbocycles. The summed E-state index contributed by atoms with van der Waals surface area (Å²) in [6.45, 7) is 11.5. The van der Waals surface area contributed by atoms with E-state index in [0.717, 1.165) is 50.7 Å². The highest BCUT2D eigenvalue weighted by atomic mass is 16.6. The number of methoxy groups -OCH3 is 1. The van der Waals surface area contributed by atoms with Crippen LogP contribution in [0, 0.1) is 0 Å². The minimum absolute atomic E-state index is 0.0665. The number of amides is 2. The van der Waals surface area contributed by atoms with Crippen LogP contribution in [-0.4, -0.2) is 84.3 Å². The van der Waals surface area contributed by atoms with Crippen molar-refractivity contribution < 1.29 is 48.1 Å². The molecule has 0 aromatic rings. The Hall–Kier alpha value is -3.70. The van der Waals surface area contributed by atoms with Crippen LogP contribution in [-0.2, 0) is 43.0 Å². The first kappa shape index (κ1) is 35.5. The second-order valence-corrected chi connectivity index (χ2v) is 7.71. The third-order valence-corrected chi connectivity index (χ3v) is 5.10. The summed E-state index contributed by atoms with van der Waals surface area (Å²) < 4.78 is 13.9. The summed E-state index contributed by atoms with van der Waals surface area (Å²) in [6, 6.07) is 0. The summed E-state index contributed by atoms with van der Waals surface area (Å²) >= 11 is 0. The summed E-state index contributed by atoms with van der Waals surface area (Å²) in [5.41, 5.74) is 0. The molecule has 37 heavy (non-hydrogen) atoms. The van der Waals surface area contributed by atoms with Gasteiger partial charge in [-0.15, -0.1) is 0 Å². The van der Waals surface area contributed by atoms with E-state index in [-0.39, 0.29) is 18.3 Å². The van der Waals surface area contributed by atoms with Gasteiger partial charge in [-0.05, 0) is 39.5 Å². The molecule has 0 aromatic carbocycles. The van der Waals surface area contributed by atoms with E-state index in [1.807, 2.05) is 0 Å². The normalized spacial score (nSPS) is 16.5. The van der Waals surface area contributed by atoms with Gasteiger partial charge in [0.1, 0.15) is 0 Å². The van der Waals surface area contributed by atoms with E-state index in [0.29, 0.717) is 32.4 Å². The maximum absolute atomic E-state index is 11.6. The lowest BCUT2D eigenvalue weighted by Crippen LogP contribution is -2.40. The Morgan fingerprint density at radius 3 is 1.41 bits per heavy atom. The molecule has 1 N–H and O–H groups in total. The van der Waals surface area contributed by atoms with E-state index in [1.165, 1.54) is 7.11 Å². The van der Waals surface area contributed by atoms with Gasteiger partial charge < -0.3 is 29.1 Å². The fourth-order valence-electron chi connectivity index (χ4n) is 3.34. The Morgan fingerprint density at radius 1 is 0.811 bits per heavy atom. The SMILES string of the molecule is C=CC(=O)OC(C)N1CCCCCC1=O.C=CC(=O)OC(C)N1CCCCCC1=O.COC=O.O=CO. The fourth-order valence-corrected chi connectivity index (χ4v) is 3.34. The third-order valence-electron chi connectivity index (χ3n) is 5.10. The number of hydrogen-bond donors (Lipinski definition) is 1. The van der Waals surface area contributed by atoms with Gasteiger partial charge >= 0.3 is 11.9 Å². The quantitative estimate of drug-likeness (QED) is 0.225. The molecule has 2 aliphatic rings. The standard InChI is InChI=1S/2C11H17NO3.C2H4O2.CH2O2/c2*1-3-11(14)15-9(2)12-8-6-4-5-7-10(12)13;1-4-2-3;2-1-3/h2*3,9H,1,4-8H2,2H3;2H,1H3;1H,(H,2,3). The number of ether oxygens (including phenoxy) is 3. The highest BCUT2D eigenvalue weighted by molar-refractivity contribution is 5.82. The first-order valence-corrected chi connectivity index (χ1v) is 11.9. The molecule has 2 unspecified atom stereocenters. The molecule has 2 rings (SSSR count). The average Bonchev–Trinajstić information content (AvgIpc) is 3.24. The molecule has 12 nitrogen and oxygen atoms in total. The van der Waals surface area contributed by atoms with E-state index in [2.05, 4.69) is 17.9 Å². The number of carbonyl (C=O) groups is 6. The van der Waals surface area contributed by atoms with E-state index in [4.69, 9.17) is 24.2 Å². The van der Waals surface area contributed by atoms with E-state index in [9.17, 15) is 19.2 Å². The number of rotatable bonds is 7. The zero-order valence-electron chi connectivity index (χ0n) is 22.0. The van der Waals surface area contributed by atoms with Crippen LogP contribution in [0.4, 0.5) is 0 Å². The van der Waals surface area contributed by atoms with Crippen molar-refractivity contribution in [3.63, 3.8) is 0 Å². The molecule has 2 saturated heterocycles. The van der Waals surface area contributed by atoms with Crippen LogP contribution < -0.4 is 0 Å². The zero-order valence-corrected chi connectivity index (χ0v) is 22.0. The van der Waals surface area contributed by atoms with Gasteiger partial charge in [-0.25, -0.2) is 9.59 Å². The van der Waals surface area contributed by atoms with E-state index < -0.39 is 24.4 Å². The lowest BCUT2D eigenvalue weighted by atomic mass is 10.2. The predicted octanol–water partition coefficient (Wildman–Crippen LogP) is 2.42. The molecule has 0 radical (unpaired) electrons. The molecule has 0 saturated carbocycles. The molecule has 12 heteroatoms. The molecular formula is C25H40N2O10. The van der Waals surface area contributed by atoms with E-state index >= 15 is 0 Å². The summed E-state index contributed by atoms with van der Waals surface area (Å²) in [7, 11) is 1.31. The summed E-state index contributed by atoms with van der Waals surface area (Å²) in [6.07, 6.45) is 8.28. The Balaban J connectivity index is 0. The molecule has 2 fully saturated rings. The van der Waals surface area contributed by atoms with Gasteiger partial charge in [0.25, 0.3) is 12.9 Å².